The van der Waals surface area contributed by atoms with Crippen LogP contribution in [0.5, 0.6) is 0 Å². The molecule has 9 nitrogen and oxygen atoms in total. The SMILES string of the molecule is [2H]C([2H])(/C=C\CC)/C=C\C([2H])([2H])/C=C\CCCCCCCC(=O)O[C@H](COC(=O)CCCCCCCCCCCCCCCCC)COP(=O)(O)OCC[N+](C)(C)C. The van der Waals surface area contributed by atoms with E-state index in [1.54, 1.807) is 12.2 Å². The van der Waals surface area contributed by atoms with Crippen LogP contribution in [0.4, 0.5) is 0 Å². The lowest BCUT2D eigenvalue weighted by Crippen LogP contribution is -2.37. The Balaban J connectivity index is 4.56. The van der Waals surface area contributed by atoms with Crippen molar-refractivity contribution in [2.45, 2.75) is 187 Å². The number of allylic oxidation sites excluding steroid dienone is 6. The number of rotatable bonds is 39. The van der Waals surface area contributed by atoms with E-state index in [-0.39, 0.29) is 26.1 Å². The molecule has 54 heavy (non-hydrogen) atoms. The average Bonchev–Trinajstić information content (AvgIpc) is 3.14. The molecule has 0 heterocycles. The van der Waals surface area contributed by atoms with Gasteiger partial charge in [0.25, 0.3) is 0 Å². The fraction of sp³-hybridized carbons (Fsp3) is 0.818. The Bertz CT molecular complexity index is 1190. The summed E-state index contributed by atoms with van der Waals surface area (Å²) in [6.45, 7) is 3.90. The summed E-state index contributed by atoms with van der Waals surface area (Å²) in [4.78, 5) is 35.4. The fourth-order valence-electron chi connectivity index (χ4n) is 5.51. The minimum atomic E-state index is -4.42. The van der Waals surface area contributed by atoms with Crippen molar-refractivity contribution < 1.29 is 47.5 Å². The second-order valence-electron chi connectivity index (χ2n) is 15.3. The fourth-order valence-corrected chi connectivity index (χ4v) is 6.25. The van der Waals surface area contributed by atoms with Crippen LogP contribution in [0.3, 0.4) is 0 Å². The molecule has 1 N–H and O–H groups in total. The Morgan fingerprint density at radius 1 is 0.630 bits per heavy atom. The van der Waals surface area contributed by atoms with Crippen molar-refractivity contribution >= 4 is 19.8 Å². The van der Waals surface area contributed by atoms with Crippen LogP contribution in [0, 0.1) is 0 Å². The highest BCUT2D eigenvalue weighted by molar-refractivity contribution is 7.47. The number of nitrogens with zero attached hydrogens (tertiary/aromatic N) is 1. The summed E-state index contributed by atoms with van der Waals surface area (Å²) in [6.07, 6.45) is 28.6. The van der Waals surface area contributed by atoms with E-state index in [4.69, 9.17) is 24.0 Å². The standard InChI is InChI=1S/C44H82NO8P/c1-6-8-10-12-14-16-18-20-22-24-26-28-30-32-34-36-43(46)50-40-42(41-52-54(48,49)51-39-38-45(3,4)5)53-44(47)37-35-33-31-29-27-25-23-21-19-17-15-13-11-9-7-2/h9,11,15,17,21,23,42H,6-8,10,12-14,16,18-20,22,24-41H2,1-5H3/p+1/b11-9-,17-15-,23-21-/t42-/m1/s1/i13D2,19D2. The summed E-state index contributed by atoms with van der Waals surface area (Å²) in [5.74, 6) is -0.925. The number of carbonyl (C=O) groups is 2. The summed E-state index contributed by atoms with van der Waals surface area (Å²) in [5, 5.41) is 0. The normalized spacial score (nSPS) is 15.6. The van der Waals surface area contributed by atoms with E-state index in [0.717, 1.165) is 44.9 Å². The third-order valence-electron chi connectivity index (χ3n) is 8.84. The summed E-state index contributed by atoms with van der Waals surface area (Å²) in [5.41, 5.74) is 0. The number of carbonyl (C=O) groups excluding carboxylic acids is 2. The lowest BCUT2D eigenvalue weighted by atomic mass is 10.0. The third-order valence-corrected chi connectivity index (χ3v) is 9.83. The summed E-state index contributed by atoms with van der Waals surface area (Å²) < 4.78 is 66.1. The van der Waals surface area contributed by atoms with Crippen LogP contribution in [-0.2, 0) is 32.7 Å². The number of hydrogen-bond acceptors (Lipinski definition) is 7. The molecule has 2 atom stereocenters. The van der Waals surface area contributed by atoms with Crippen LogP contribution < -0.4 is 0 Å². The Morgan fingerprint density at radius 3 is 1.61 bits per heavy atom. The highest BCUT2D eigenvalue weighted by atomic mass is 31.2. The number of quaternary nitrogens is 1. The first kappa shape index (κ1) is 44.9. The molecule has 1 unspecified atom stereocenters. The van der Waals surface area contributed by atoms with E-state index in [9.17, 15) is 19.0 Å². The first-order valence-electron chi connectivity index (χ1n) is 23.2. The zero-order valence-electron chi connectivity index (χ0n) is 39.0. The molecular formula is C44H83NO8P+. The Morgan fingerprint density at radius 2 is 1.09 bits per heavy atom. The maximum absolute atomic E-state index is 12.7. The lowest BCUT2D eigenvalue weighted by Gasteiger charge is -2.24. The van der Waals surface area contributed by atoms with Crippen molar-refractivity contribution in [1.82, 2.24) is 0 Å². The number of unbranched alkanes of at least 4 members (excludes halogenated alkanes) is 19. The molecule has 0 aliphatic rings. The van der Waals surface area contributed by atoms with E-state index >= 15 is 0 Å². The Kier molecular flexibility index (Phi) is 30.7. The van der Waals surface area contributed by atoms with Gasteiger partial charge in [0.15, 0.2) is 6.10 Å². The van der Waals surface area contributed by atoms with Gasteiger partial charge in [-0.25, -0.2) is 4.57 Å². The predicted octanol–water partition coefficient (Wildman–Crippen LogP) is 12.1. The molecule has 0 bridgehead atoms. The van der Waals surface area contributed by atoms with Gasteiger partial charge in [0.2, 0.25) is 0 Å². The zero-order chi connectivity index (χ0) is 43.6. The topological polar surface area (TPSA) is 108 Å². The van der Waals surface area contributed by atoms with Gasteiger partial charge in [0.1, 0.15) is 19.8 Å². The van der Waals surface area contributed by atoms with Crippen LogP contribution in [0.2, 0.25) is 0 Å². The zero-order valence-corrected chi connectivity index (χ0v) is 35.9. The van der Waals surface area contributed by atoms with Crippen molar-refractivity contribution in [3.8, 4) is 0 Å². The van der Waals surface area contributed by atoms with Crippen molar-refractivity contribution in [2.24, 2.45) is 0 Å². The Hall–Kier alpha value is -1.77. The van der Waals surface area contributed by atoms with Gasteiger partial charge < -0.3 is 18.9 Å². The van der Waals surface area contributed by atoms with E-state index in [1.165, 1.54) is 94.9 Å². The molecule has 0 spiro atoms. The number of likely N-dealkylation sites (N-methyl/N-ethyl adjacent to an activating group) is 1. The Labute approximate surface area is 337 Å². The molecule has 316 valence electrons. The molecule has 0 amide bonds. The van der Waals surface area contributed by atoms with Crippen LogP contribution in [0.15, 0.2) is 36.5 Å². The van der Waals surface area contributed by atoms with Gasteiger partial charge in [0.05, 0.1) is 27.7 Å². The van der Waals surface area contributed by atoms with E-state index in [0.29, 0.717) is 36.7 Å². The molecular weight excluding hydrogens is 701 g/mol. The number of phosphoric acid groups is 1. The molecule has 0 fully saturated rings. The van der Waals surface area contributed by atoms with Crippen LogP contribution in [0.1, 0.15) is 186 Å². The van der Waals surface area contributed by atoms with Crippen molar-refractivity contribution in [2.75, 3.05) is 47.5 Å². The van der Waals surface area contributed by atoms with Crippen molar-refractivity contribution in [3.63, 3.8) is 0 Å². The van der Waals surface area contributed by atoms with E-state index in [2.05, 4.69) is 6.92 Å². The molecule has 0 aromatic heterocycles. The van der Waals surface area contributed by atoms with Gasteiger partial charge in [0, 0.05) is 18.3 Å². The van der Waals surface area contributed by atoms with E-state index in [1.807, 2.05) is 28.1 Å². The number of phosphoric ester groups is 1. The van der Waals surface area contributed by atoms with Gasteiger partial charge in [-0.05, 0) is 44.8 Å². The highest BCUT2D eigenvalue weighted by Gasteiger charge is 2.27. The molecule has 0 saturated heterocycles. The molecule has 0 aliphatic carbocycles. The molecule has 0 radical (unpaired) electrons. The molecule has 0 rings (SSSR count). The second-order valence-corrected chi connectivity index (χ2v) is 16.7. The summed E-state index contributed by atoms with van der Waals surface area (Å²) in [6, 6.07) is 0. The largest absolute Gasteiger partial charge is 0.472 e. The van der Waals surface area contributed by atoms with Gasteiger partial charge in [-0.3, -0.25) is 18.6 Å². The molecule has 0 aliphatic heterocycles. The smallest absolute Gasteiger partial charge is 0.462 e. The number of hydrogen-bond donors (Lipinski definition) is 1. The van der Waals surface area contributed by atoms with Gasteiger partial charge in [-0.1, -0.05) is 159 Å². The van der Waals surface area contributed by atoms with Crippen molar-refractivity contribution in [3.05, 3.63) is 36.5 Å². The maximum Gasteiger partial charge on any atom is 0.472 e. The maximum atomic E-state index is 12.7. The predicted molar refractivity (Wildman–Crippen MR) is 224 cm³/mol. The van der Waals surface area contributed by atoms with Crippen molar-refractivity contribution in [1.29, 1.82) is 0 Å². The average molecular weight is 789 g/mol. The minimum Gasteiger partial charge on any atom is -0.462 e. The van der Waals surface area contributed by atoms with Crippen LogP contribution in [0.25, 0.3) is 0 Å². The van der Waals surface area contributed by atoms with E-state index < -0.39 is 45.2 Å². The summed E-state index contributed by atoms with van der Waals surface area (Å²) >= 11 is 0. The number of esters is 2. The quantitative estimate of drug-likeness (QED) is 0.0216. The molecule has 10 heteroatoms. The molecule has 0 aromatic rings. The monoisotopic (exact) mass is 789 g/mol. The number of ether oxygens (including phenoxy) is 2. The second kappa shape index (κ2) is 36.8. The van der Waals surface area contributed by atoms with Crippen LogP contribution in [-0.4, -0.2) is 74.9 Å². The molecule has 0 saturated carbocycles. The minimum absolute atomic E-state index is 0.00394. The molecule has 0 aromatic carbocycles. The van der Waals surface area contributed by atoms with Crippen LogP contribution >= 0.6 is 7.82 Å². The first-order valence-corrected chi connectivity index (χ1v) is 22.7. The third kappa shape index (κ3) is 39.9. The summed E-state index contributed by atoms with van der Waals surface area (Å²) in [7, 11) is 1.35. The first-order chi connectivity index (χ1) is 27.4. The highest BCUT2D eigenvalue weighted by Crippen LogP contribution is 2.43. The van der Waals surface area contributed by atoms with Gasteiger partial charge >= 0.3 is 19.8 Å². The lowest BCUT2D eigenvalue weighted by molar-refractivity contribution is -0.870. The van der Waals surface area contributed by atoms with Gasteiger partial charge in [-0.2, -0.15) is 0 Å². The van der Waals surface area contributed by atoms with Gasteiger partial charge in [-0.15, -0.1) is 0 Å².